The van der Waals surface area contributed by atoms with E-state index in [0.717, 1.165) is 18.7 Å². The molecule has 3 N–H and O–H groups in total. The lowest BCUT2D eigenvalue weighted by Gasteiger charge is -2.14. The minimum atomic E-state index is -0.184. The second-order valence-electron chi connectivity index (χ2n) is 3.48. The molecular formula is C10H13FN2. The Kier molecular flexibility index (Phi) is 2.29. The molecule has 1 aromatic carbocycles. The number of hydrogen-bond acceptors (Lipinski definition) is 2. The second kappa shape index (κ2) is 3.44. The molecule has 3 heteroatoms. The summed E-state index contributed by atoms with van der Waals surface area (Å²) in [5.41, 5.74) is 6.87. The van der Waals surface area contributed by atoms with Crippen molar-refractivity contribution in [1.82, 2.24) is 5.32 Å². The molecule has 1 saturated heterocycles. The summed E-state index contributed by atoms with van der Waals surface area (Å²) in [4.78, 5) is 0. The summed E-state index contributed by atoms with van der Waals surface area (Å²) in [6.45, 7) is 1.67. The van der Waals surface area contributed by atoms with Gasteiger partial charge in [0.05, 0.1) is 0 Å². The first-order valence-electron chi connectivity index (χ1n) is 4.49. The maximum absolute atomic E-state index is 12.9. The fourth-order valence-electron chi connectivity index (χ4n) is 1.80. The number of halogens is 1. The summed E-state index contributed by atoms with van der Waals surface area (Å²) in [5.74, 6) is 0.0762. The van der Waals surface area contributed by atoms with Crippen molar-refractivity contribution in [3.05, 3.63) is 35.6 Å². The lowest BCUT2D eigenvalue weighted by atomic mass is 9.95. The molecule has 1 heterocycles. The molecule has 2 nitrogen and oxygen atoms in total. The molecule has 0 unspecified atom stereocenters. The van der Waals surface area contributed by atoms with Gasteiger partial charge >= 0.3 is 0 Å². The van der Waals surface area contributed by atoms with E-state index in [1.54, 1.807) is 12.1 Å². The largest absolute Gasteiger partial charge is 0.326 e. The van der Waals surface area contributed by atoms with Crippen LogP contribution in [0.3, 0.4) is 0 Å². The molecule has 70 valence electrons. The third kappa shape index (κ3) is 1.71. The number of benzene rings is 1. The van der Waals surface area contributed by atoms with Gasteiger partial charge in [-0.15, -0.1) is 0 Å². The molecular weight excluding hydrogens is 167 g/mol. The van der Waals surface area contributed by atoms with Crippen molar-refractivity contribution in [2.24, 2.45) is 5.73 Å². The lowest BCUT2D eigenvalue weighted by molar-refractivity contribution is 0.611. The Labute approximate surface area is 76.9 Å². The van der Waals surface area contributed by atoms with Crippen LogP contribution in [0.1, 0.15) is 11.5 Å². The highest BCUT2D eigenvalue weighted by Crippen LogP contribution is 2.21. The molecule has 0 amide bonds. The number of nitrogens with two attached hydrogens (primary N) is 1. The van der Waals surface area contributed by atoms with Crippen LogP contribution in [-0.2, 0) is 0 Å². The van der Waals surface area contributed by atoms with E-state index in [-0.39, 0.29) is 17.8 Å². The van der Waals surface area contributed by atoms with Crippen LogP contribution >= 0.6 is 0 Å². The molecule has 1 aliphatic rings. The second-order valence-corrected chi connectivity index (χ2v) is 3.48. The fraction of sp³-hybridized carbons (Fsp3) is 0.400. The van der Waals surface area contributed by atoms with Gasteiger partial charge in [0.1, 0.15) is 5.82 Å². The van der Waals surface area contributed by atoms with Gasteiger partial charge in [-0.1, -0.05) is 12.1 Å². The zero-order valence-electron chi connectivity index (χ0n) is 7.33. The van der Waals surface area contributed by atoms with Gasteiger partial charge in [-0.3, -0.25) is 0 Å². The lowest BCUT2D eigenvalue weighted by Crippen LogP contribution is -2.27. The van der Waals surface area contributed by atoms with Gasteiger partial charge in [0, 0.05) is 25.0 Å². The van der Waals surface area contributed by atoms with Gasteiger partial charge < -0.3 is 11.1 Å². The quantitative estimate of drug-likeness (QED) is 0.672. The maximum Gasteiger partial charge on any atom is 0.123 e. The summed E-state index contributed by atoms with van der Waals surface area (Å²) < 4.78 is 12.9. The maximum atomic E-state index is 12.9. The Morgan fingerprint density at radius 3 is 2.85 bits per heavy atom. The Morgan fingerprint density at radius 2 is 2.23 bits per heavy atom. The van der Waals surface area contributed by atoms with Gasteiger partial charge in [-0.05, 0) is 17.7 Å². The summed E-state index contributed by atoms with van der Waals surface area (Å²) in [6.07, 6.45) is 0. The molecule has 2 rings (SSSR count). The minimum absolute atomic E-state index is 0.113. The van der Waals surface area contributed by atoms with Crippen molar-refractivity contribution in [2.75, 3.05) is 13.1 Å². The molecule has 13 heavy (non-hydrogen) atoms. The predicted molar refractivity (Wildman–Crippen MR) is 50.0 cm³/mol. The Balaban J connectivity index is 2.24. The van der Waals surface area contributed by atoms with Gasteiger partial charge in [-0.25, -0.2) is 4.39 Å². The molecule has 1 aliphatic heterocycles. The van der Waals surface area contributed by atoms with Crippen molar-refractivity contribution in [1.29, 1.82) is 0 Å². The Bertz CT molecular complexity index is 301. The van der Waals surface area contributed by atoms with Crippen LogP contribution in [-0.4, -0.2) is 19.1 Å². The van der Waals surface area contributed by atoms with Crippen LogP contribution < -0.4 is 11.1 Å². The van der Waals surface area contributed by atoms with Crippen LogP contribution in [0.15, 0.2) is 24.3 Å². The molecule has 1 fully saturated rings. The molecule has 0 radical (unpaired) electrons. The summed E-state index contributed by atoms with van der Waals surface area (Å²) >= 11 is 0. The SMILES string of the molecule is N[C@@H]1CNC[C@H]1c1cccc(F)c1. The number of nitrogens with one attached hydrogen (secondary N) is 1. The van der Waals surface area contributed by atoms with E-state index < -0.39 is 0 Å². The molecule has 0 spiro atoms. The third-order valence-electron chi connectivity index (χ3n) is 2.54. The van der Waals surface area contributed by atoms with Gasteiger partial charge in [0.15, 0.2) is 0 Å². The molecule has 1 aromatic rings. The summed E-state index contributed by atoms with van der Waals surface area (Å²) in [5, 5.41) is 3.19. The van der Waals surface area contributed by atoms with E-state index in [2.05, 4.69) is 5.32 Å². The molecule has 0 aliphatic carbocycles. The van der Waals surface area contributed by atoms with Crippen LogP contribution in [0.4, 0.5) is 4.39 Å². The number of rotatable bonds is 1. The van der Waals surface area contributed by atoms with Gasteiger partial charge in [0.25, 0.3) is 0 Å². The third-order valence-corrected chi connectivity index (χ3v) is 2.54. The van der Waals surface area contributed by atoms with E-state index in [1.165, 1.54) is 6.07 Å². The Hall–Kier alpha value is -0.930. The predicted octanol–water partition coefficient (Wildman–Crippen LogP) is 0.840. The van der Waals surface area contributed by atoms with Crippen molar-refractivity contribution in [3.63, 3.8) is 0 Å². The topological polar surface area (TPSA) is 38.0 Å². The fourth-order valence-corrected chi connectivity index (χ4v) is 1.80. The van der Waals surface area contributed by atoms with Crippen molar-refractivity contribution in [3.8, 4) is 0 Å². The van der Waals surface area contributed by atoms with Gasteiger partial charge in [-0.2, -0.15) is 0 Å². The van der Waals surface area contributed by atoms with Crippen molar-refractivity contribution in [2.45, 2.75) is 12.0 Å². The van der Waals surface area contributed by atoms with Crippen LogP contribution in [0.2, 0.25) is 0 Å². The van der Waals surface area contributed by atoms with E-state index in [4.69, 9.17) is 5.73 Å². The zero-order chi connectivity index (χ0) is 9.26. The summed E-state index contributed by atoms with van der Waals surface area (Å²) in [6, 6.07) is 6.80. The minimum Gasteiger partial charge on any atom is -0.326 e. The normalized spacial score (nSPS) is 27.8. The van der Waals surface area contributed by atoms with Gasteiger partial charge in [0.2, 0.25) is 0 Å². The van der Waals surface area contributed by atoms with Crippen LogP contribution in [0.5, 0.6) is 0 Å². The standard InChI is InChI=1S/C10H13FN2/c11-8-3-1-2-7(4-8)9-5-13-6-10(9)12/h1-4,9-10,13H,5-6,12H2/t9-,10+/m0/s1. The molecule has 2 atom stereocenters. The Morgan fingerprint density at radius 1 is 1.38 bits per heavy atom. The zero-order valence-corrected chi connectivity index (χ0v) is 7.33. The highest BCUT2D eigenvalue weighted by atomic mass is 19.1. The van der Waals surface area contributed by atoms with E-state index >= 15 is 0 Å². The van der Waals surface area contributed by atoms with Crippen molar-refractivity contribution < 1.29 is 4.39 Å². The highest BCUT2D eigenvalue weighted by molar-refractivity contribution is 5.24. The molecule has 0 bridgehead atoms. The van der Waals surface area contributed by atoms with E-state index in [1.807, 2.05) is 6.07 Å². The average molecular weight is 180 g/mol. The van der Waals surface area contributed by atoms with E-state index in [0.29, 0.717) is 0 Å². The van der Waals surface area contributed by atoms with Crippen molar-refractivity contribution >= 4 is 0 Å². The first-order valence-corrected chi connectivity index (χ1v) is 4.49. The first kappa shape index (κ1) is 8.66. The first-order chi connectivity index (χ1) is 6.27. The summed E-state index contributed by atoms with van der Waals surface area (Å²) in [7, 11) is 0. The monoisotopic (exact) mass is 180 g/mol. The van der Waals surface area contributed by atoms with Crippen LogP contribution in [0, 0.1) is 5.82 Å². The smallest absolute Gasteiger partial charge is 0.123 e. The molecule has 0 aromatic heterocycles. The van der Waals surface area contributed by atoms with Crippen LogP contribution in [0.25, 0.3) is 0 Å². The van der Waals surface area contributed by atoms with E-state index in [9.17, 15) is 4.39 Å². The number of hydrogen-bond donors (Lipinski definition) is 2. The highest BCUT2D eigenvalue weighted by Gasteiger charge is 2.24. The molecule has 0 saturated carbocycles. The average Bonchev–Trinajstić information content (AvgIpc) is 2.51.